The third-order valence-electron chi connectivity index (χ3n) is 5.03. The van der Waals surface area contributed by atoms with Gasteiger partial charge in [0.05, 0.1) is 11.3 Å². The maximum absolute atomic E-state index is 12.8. The van der Waals surface area contributed by atoms with Gasteiger partial charge in [-0.3, -0.25) is 4.79 Å². The van der Waals surface area contributed by atoms with Gasteiger partial charge in [-0.05, 0) is 41.0 Å². The zero-order chi connectivity index (χ0) is 17.1. The smallest absolute Gasteiger partial charge is 0.253 e. The number of hydrogen-bond donors (Lipinski definition) is 1. The van der Waals surface area contributed by atoms with E-state index >= 15 is 0 Å². The molecule has 1 heterocycles. The van der Waals surface area contributed by atoms with E-state index < -0.39 is 0 Å². The molecule has 1 amide bonds. The number of para-hydroxylation sites is 1. The second kappa shape index (κ2) is 6.47. The molecule has 1 aliphatic rings. The maximum atomic E-state index is 12.8. The van der Waals surface area contributed by atoms with Crippen molar-refractivity contribution in [1.82, 2.24) is 25.5 Å². The quantitative estimate of drug-likeness (QED) is 0.779. The van der Waals surface area contributed by atoms with Crippen LogP contribution in [0.15, 0.2) is 60.9 Å². The van der Waals surface area contributed by atoms with Crippen molar-refractivity contribution in [3.05, 3.63) is 72.1 Å². The summed E-state index contributed by atoms with van der Waals surface area (Å²) in [6.45, 7) is 0.639. The first-order chi connectivity index (χ1) is 12.3. The average molecular weight is 333 g/mol. The largest absolute Gasteiger partial charge is 0.351 e. The molecule has 0 spiro atoms. The van der Waals surface area contributed by atoms with Crippen LogP contribution in [0.1, 0.15) is 35.2 Å². The van der Waals surface area contributed by atoms with Crippen molar-refractivity contribution >= 4 is 5.91 Å². The molecule has 0 aliphatic heterocycles. The van der Waals surface area contributed by atoms with Crippen molar-refractivity contribution in [2.75, 3.05) is 6.54 Å². The number of nitrogens with zero attached hydrogens (tertiary/aromatic N) is 4. The van der Waals surface area contributed by atoms with Crippen molar-refractivity contribution in [2.24, 2.45) is 0 Å². The zero-order valence-corrected chi connectivity index (χ0v) is 13.8. The van der Waals surface area contributed by atoms with E-state index in [9.17, 15) is 4.79 Å². The number of aromatic nitrogens is 4. The number of carbonyl (C=O) groups excluding carboxylic acids is 1. The van der Waals surface area contributed by atoms with Crippen LogP contribution in [0.4, 0.5) is 0 Å². The number of hydrogen-bond acceptors (Lipinski definition) is 4. The third-order valence-corrected chi connectivity index (χ3v) is 5.03. The first kappa shape index (κ1) is 15.5. The standard InChI is InChI=1S/C19H19N5O/c25-18(16-9-4-5-10-17(16)24-14-21-22-23-24)20-13-19(11-6-12-19)15-7-2-1-3-8-15/h1-5,7-10,14H,6,11-13H2,(H,20,25). The summed E-state index contributed by atoms with van der Waals surface area (Å²) < 4.78 is 1.51. The lowest BCUT2D eigenvalue weighted by Crippen LogP contribution is -2.45. The number of tetrazole rings is 1. The van der Waals surface area contributed by atoms with Crippen molar-refractivity contribution in [1.29, 1.82) is 0 Å². The summed E-state index contributed by atoms with van der Waals surface area (Å²) in [6, 6.07) is 17.8. The number of benzene rings is 2. The van der Waals surface area contributed by atoms with E-state index in [1.54, 1.807) is 6.07 Å². The second-order valence-corrected chi connectivity index (χ2v) is 6.45. The van der Waals surface area contributed by atoms with Gasteiger partial charge in [-0.2, -0.15) is 4.68 Å². The molecule has 3 aromatic rings. The Morgan fingerprint density at radius 1 is 1.08 bits per heavy atom. The Labute approximate surface area is 145 Å². The Balaban J connectivity index is 1.54. The minimum absolute atomic E-state index is 0.0562. The monoisotopic (exact) mass is 333 g/mol. The van der Waals surface area contributed by atoms with Gasteiger partial charge in [0.15, 0.2) is 0 Å². The molecule has 1 fully saturated rings. The highest BCUT2D eigenvalue weighted by molar-refractivity contribution is 5.97. The number of carbonyl (C=O) groups is 1. The Kier molecular flexibility index (Phi) is 4.01. The molecular formula is C19H19N5O. The highest BCUT2D eigenvalue weighted by Crippen LogP contribution is 2.43. The van der Waals surface area contributed by atoms with Crippen LogP contribution in [0.2, 0.25) is 0 Å². The lowest BCUT2D eigenvalue weighted by atomic mass is 9.64. The van der Waals surface area contributed by atoms with Crippen molar-refractivity contribution in [2.45, 2.75) is 24.7 Å². The van der Waals surface area contributed by atoms with Gasteiger partial charge in [0.25, 0.3) is 5.91 Å². The van der Waals surface area contributed by atoms with Gasteiger partial charge >= 0.3 is 0 Å². The van der Waals surface area contributed by atoms with E-state index in [-0.39, 0.29) is 11.3 Å². The summed E-state index contributed by atoms with van der Waals surface area (Å²) in [5, 5.41) is 14.3. The molecule has 0 bridgehead atoms. The molecule has 0 saturated heterocycles. The van der Waals surface area contributed by atoms with Crippen LogP contribution in [0.3, 0.4) is 0 Å². The fourth-order valence-electron chi connectivity index (χ4n) is 3.44. The van der Waals surface area contributed by atoms with E-state index in [1.807, 2.05) is 24.3 Å². The van der Waals surface area contributed by atoms with E-state index in [0.717, 1.165) is 12.8 Å². The normalized spacial score (nSPS) is 15.4. The molecule has 2 aromatic carbocycles. The molecule has 4 rings (SSSR count). The number of rotatable bonds is 5. The Bertz CT molecular complexity index is 857. The van der Waals surface area contributed by atoms with Crippen LogP contribution in [0.5, 0.6) is 0 Å². The zero-order valence-electron chi connectivity index (χ0n) is 13.8. The Morgan fingerprint density at radius 3 is 2.52 bits per heavy atom. The van der Waals surface area contributed by atoms with Gasteiger partial charge in [0.2, 0.25) is 0 Å². The van der Waals surface area contributed by atoms with E-state index in [4.69, 9.17) is 0 Å². The predicted molar refractivity (Wildman–Crippen MR) is 93.5 cm³/mol. The maximum Gasteiger partial charge on any atom is 0.253 e. The van der Waals surface area contributed by atoms with E-state index in [2.05, 4.69) is 45.1 Å². The van der Waals surface area contributed by atoms with Crippen LogP contribution in [0, 0.1) is 0 Å². The summed E-state index contributed by atoms with van der Waals surface area (Å²) in [6.07, 6.45) is 4.90. The predicted octanol–water partition coefficient (Wildman–Crippen LogP) is 2.51. The topological polar surface area (TPSA) is 72.7 Å². The Hall–Kier alpha value is -3.02. The lowest BCUT2D eigenvalue weighted by molar-refractivity contribution is 0.0927. The van der Waals surface area contributed by atoms with Crippen molar-refractivity contribution < 1.29 is 4.79 Å². The van der Waals surface area contributed by atoms with Gasteiger partial charge in [0.1, 0.15) is 6.33 Å². The minimum Gasteiger partial charge on any atom is -0.351 e. The van der Waals surface area contributed by atoms with Gasteiger partial charge in [-0.1, -0.05) is 48.9 Å². The molecule has 0 unspecified atom stereocenters. The molecule has 1 aliphatic carbocycles. The van der Waals surface area contributed by atoms with E-state index in [1.165, 1.54) is 23.0 Å². The average Bonchev–Trinajstić information content (AvgIpc) is 3.16. The molecule has 25 heavy (non-hydrogen) atoms. The summed E-state index contributed by atoms with van der Waals surface area (Å²) in [5.74, 6) is -0.103. The van der Waals surface area contributed by atoms with Crippen LogP contribution in [-0.2, 0) is 5.41 Å². The van der Waals surface area contributed by atoms with Crippen molar-refractivity contribution in [3.8, 4) is 5.69 Å². The number of amides is 1. The molecule has 0 atom stereocenters. The summed E-state index contributed by atoms with van der Waals surface area (Å²) in [7, 11) is 0. The van der Waals surface area contributed by atoms with Crippen LogP contribution < -0.4 is 5.32 Å². The summed E-state index contributed by atoms with van der Waals surface area (Å²) >= 11 is 0. The first-order valence-corrected chi connectivity index (χ1v) is 8.45. The molecule has 6 heteroatoms. The highest BCUT2D eigenvalue weighted by Gasteiger charge is 2.38. The first-order valence-electron chi connectivity index (χ1n) is 8.45. The van der Waals surface area contributed by atoms with Gasteiger partial charge in [0, 0.05) is 12.0 Å². The lowest BCUT2D eigenvalue weighted by Gasteiger charge is -2.42. The summed E-state index contributed by atoms with van der Waals surface area (Å²) in [5.41, 5.74) is 2.60. The minimum atomic E-state index is -0.103. The molecule has 6 nitrogen and oxygen atoms in total. The van der Waals surface area contributed by atoms with Crippen LogP contribution >= 0.6 is 0 Å². The molecule has 1 aromatic heterocycles. The highest BCUT2D eigenvalue weighted by atomic mass is 16.1. The third kappa shape index (κ3) is 2.91. The molecule has 1 N–H and O–H groups in total. The van der Waals surface area contributed by atoms with Crippen molar-refractivity contribution in [3.63, 3.8) is 0 Å². The van der Waals surface area contributed by atoms with Gasteiger partial charge in [-0.15, -0.1) is 5.10 Å². The Morgan fingerprint density at radius 2 is 1.84 bits per heavy atom. The van der Waals surface area contributed by atoms with Gasteiger partial charge < -0.3 is 5.32 Å². The fraction of sp³-hybridized carbons (Fsp3) is 0.263. The molecule has 1 saturated carbocycles. The fourth-order valence-corrected chi connectivity index (χ4v) is 3.44. The molecule has 0 radical (unpaired) electrons. The molecule has 126 valence electrons. The molecular weight excluding hydrogens is 314 g/mol. The van der Waals surface area contributed by atoms with Crippen LogP contribution in [0.25, 0.3) is 5.69 Å². The SMILES string of the molecule is O=C(NCC1(c2ccccc2)CCC1)c1ccccc1-n1cnnn1. The number of nitrogens with one attached hydrogen (secondary N) is 1. The van der Waals surface area contributed by atoms with Crippen LogP contribution in [-0.4, -0.2) is 32.7 Å². The summed E-state index contributed by atoms with van der Waals surface area (Å²) in [4.78, 5) is 12.8. The van der Waals surface area contributed by atoms with E-state index in [0.29, 0.717) is 17.8 Å². The second-order valence-electron chi connectivity index (χ2n) is 6.45. The van der Waals surface area contributed by atoms with Gasteiger partial charge in [-0.25, -0.2) is 0 Å².